The van der Waals surface area contributed by atoms with Crippen LogP contribution in [-0.4, -0.2) is 63.4 Å². The summed E-state index contributed by atoms with van der Waals surface area (Å²) in [6, 6.07) is 0. The van der Waals surface area contributed by atoms with E-state index in [9.17, 15) is 29.7 Å². The molecular formula is C25H33FO7. The summed E-state index contributed by atoms with van der Waals surface area (Å²) < 4.78 is 21.2. The van der Waals surface area contributed by atoms with Crippen molar-refractivity contribution in [3.05, 3.63) is 23.8 Å². The van der Waals surface area contributed by atoms with Gasteiger partial charge in [-0.1, -0.05) is 25.5 Å². The van der Waals surface area contributed by atoms with Crippen LogP contribution in [0, 0.1) is 28.6 Å². The minimum absolute atomic E-state index is 0.0648. The van der Waals surface area contributed by atoms with Crippen molar-refractivity contribution in [2.75, 3.05) is 13.2 Å². The maximum atomic E-state index is 16.9. The molecule has 7 nitrogen and oxygen atoms in total. The predicted octanol–water partition coefficient (Wildman–Crippen LogP) is 1.83. The lowest BCUT2D eigenvalue weighted by Crippen LogP contribution is -2.69. The Kier molecular flexibility index (Phi) is 5.74. The summed E-state index contributed by atoms with van der Waals surface area (Å²) >= 11 is 0. The van der Waals surface area contributed by atoms with Crippen molar-refractivity contribution in [1.82, 2.24) is 0 Å². The fourth-order valence-corrected chi connectivity index (χ4v) is 7.45. The SMILES string of the molecule is C[C@@H]1C[C@H]2[C@@H]3CCC4=CC(=O)C=C[C@]4(C)[C@@]3(F)[C@@H](O)C[C@]2(C)[C@@]1(O)C(=O)CO.O=C1CCO1. The highest BCUT2D eigenvalue weighted by molar-refractivity contribution is 6.01. The van der Waals surface area contributed by atoms with Gasteiger partial charge in [0.2, 0.25) is 0 Å². The molecular weight excluding hydrogens is 431 g/mol. The summed E-state index contributed by atoms with van der Waals surface area (Å²) in [6.45, 7) is 5.12. The first-order chi connectivity index (χ1) is 15.4. The Morgan fingerprint density at radius 3 is 2.42 bits per heavy atom. The van der Waals surface area contributed by atoms with E-state index in [0.29, 0.717) is 37.9 Å². The number of fused-ring (bicyclic) bond motifs is 5. The molecule has 5 rings (SSSR count). The van der Waals surface area contributed by atoms with Crippen molar-refractivity contribution in [3.8, 4) is 0 Å². The lowest BCUT2D eigenvalue weighted by Gasteiger charge is -2.62. The number of aliphatic hydroxyl groups is 3. The Morgan fingerprint density at radius 2 is 1.88 bits per heavy atom. The van der Waals surface area contributed by atoms with Crippen LogP contribution >= 0.6 is 0 Å². The van der Waals surface area contributed by atoms with E-state index in [4.69, 9.17) is 0 Å². The average Bonchev–Trinajstić information content (AvgIpc) is 2.95. The second-order valence-electron chi connectivity index (χ2n) is 10.7. The summed E-state index contributed by atoms with van der Waals surface area (Å²) in [5.41, 5.74) is -5.17. The number of carbonyl (C=O) groups is 3. The topological polar surface area (TPSA) is 121 Å². The highest BCUT2D eigenvalue weighted by atomic mass is 19.1. The van der Waals surface area contributed by atoms with Gasteiger partial charge in [0.1, 0.15) is 18.8 Å². The number of esters is 1. The molecule has 0 aromatic rings. The molecule has 1 heterocycles. The first-order valence-corrected chi connectivity index (χ1v) is 11.7. The summed E-state index contributed by atoms with van der Waals surface area (Å²) in [4.78, 5) is 34.1. The van der Waals surface area contributed by atoms with Crippen LogP contribution in [0.4, 0.5) is 4.39 Å². The normalized spacial score (nSPS) is 47.7. The quantitative estimate of drug-likeness (QED) is 0.533. The van der Waals surface area contributed by atoms with Crippen LogP contribution in [0.2, 0.25) is 0 Å². The molecule has 0 unspecified atom stereocenters. The number of rotatable bonds is 2. The first-order valence-electron chi connectivity index (χ1n) is 11.7. The number of Topliss-reactive ketones (excluding diaryl/α,β-unsaturated/α-hetero) is 1. The van der Waals surface area contributed by atoms with Gasteiger partial charge in [-0.05, 0) is 56.6 Å². The van der Waals surface area contributed by atoms with Gasteiger partial charge in [0.05, 0.1) is 12.5 Å². The van der Waals surface area contributed by atoms with Gasteiger partial charge in [-0.25, -0.2) is 4.39 Å². The van der Waals surface area contributed by atoms with E-state index in [1.54, 1.807) is 26.8 Å². The zero-order chi connectivity index (χ0) is 24.4. The zero-order valence-corrected chi connectivity index (χ0v) is 19.3. The number of hydrogen-bond donors (Lipinski definition) is 3. The molecule has 0 aromatic heterocycles. The van der Waals surface area contributed by atoms with Gasteiger partial charge in [-0.15, -0.1) is 0 Å². The van der Waals surface area contributed by atoms with Crippen LogP contribution in [0.3, 0.4) is 0 Å². The number of ketones is 2. The largest absolute Gasteiger partial charge is 0.465 e. The summed E-state index contributed by atoms with van der Waals surface area (Å²) in [5.74, 6) is -2.18. The third kappa shape index (κ3) is 3.06. The van der Waals surface area contributed by atoms with Crippen LogP contribution < -0.4 is 0 Å². The Hall–Kier alpha value is -1.90. The van der Waals surface area contributed by atoms with Gasteiger partial charge in [0, 0.05) is 16.7 Å². The molecule has 4 aliphatic carbocycles. The molecule has 0 bridgehead atoms. The molecule has 182 valence electrons. The van der Waals surface area contributed by atoms with Crippen molar-refractivity contribution in [2.45, 2.75) is 70.2 Å². The molecule has 3 N–H and O–H groups in total. The zero-order valence-electron chi connectivity index (χ0n) is 19.3. The summed E-state index contributed by atoms with van der Waals surface area (Å²) in [7, 11) is 0. The number of cyclic esters (lactones) is 1. The lowest BCUT2D eigenvalue weighted by molar-refractivity contribution is -0.219. The van der Waals surface area contributed by atoms with Gasteiger partial charge in [0.25, 0.3) is 0 Å². The van der Waals surface area contributed by atoms with Crippen molar-refractivity contribution in [2.24, 2.45) is 28.6 Å². The van der Waals surface area contributed by atoms with Crippen molar-refractivity contribution in [3.63, 3.8) is 0 Å². The van der Waals surface area contributed by atoms with Gasteiger partial charge in [0.15, 0.2) is 17.2 Å². The number of halogens is 1. The first kappa shape index (κ1) is 24.2. The fraction of sp³-hybridized carbons (Fsp3) is 0.720. The molecule has 0 aromatic carbocycles. The van der Waals surface area contributed by atoms with Crippen LogP contribution in [0.5, 0.6) is 0 Å². The second-order valence-corrected chi connectivity index (χ2v) is 10.7. The van der Waals surface area contributed by atoms with Gasteiger partial charge in [-0.3, -0.25) is 14.4 Å². The standard InChI is InChI=1S/C22H29FO5.C3H4O2/c1-12-8-16-15-5-4-13-9-14(25)6-7-19(13,2)21(15,23)17(26)10-20(16,3)22(12,28)18(27)11-24;4-3-1-2-5-3/h6-7,9,12,15-17,24,26,28H,4-5,8,10-11H2,1-3H3;1-2H2/t12-,15+,16+,17+,19+,20+,21+,22+;/m1./s1. The number of carbonyl (C=O) groups excluding carboxylic acids is 3. The van der Waals surface area contributed by atoms with Crippen molar-refractivity contribution in [1.29, 1.82) is 0 Å². The van der Waals surface area contributed by atoms with E-state index in [-0.39, 0.29) is 24.1 Å². The number of alkyl halides is 1. The smallest absolute Gasteiger partial charge is 0.309 e. The van der Waals surface area contributed by atoms with Gasteiger partial charge >= 0.3 is 5.97 Å². The van der Waals surface area contributed by atoms with E-state index >= 15 is 4.39 Å². The summed E-state index contributed by atoms with van der Waals surface area (Å²) in [6.07, 6.45) is 5.06. The van der Waals surface area contributed by atoms with Crippen LogP contribution in [0.25, 0.3) is 0 Å². The van der Waals surface area contributed by atoms with Crippen molar-refractivity contribution < 1.29 is 38.8 Å². The molecule has 0 radical (unpaired) electrons. The molecule has 8 atom stereocenters. The Labute approximate surface area is 192 Å². The van der Waals surface area contributed by atoms with E-state index in [1.165, 1.54) is 12.2 Å². The minimum Gasteiger partial charge on any atom is -0.465 e. The van der Waals surface area contributed by atoms with Gasteiger partial charge < -0.3 is 20.1 Å². The second kappa shape index (κ2) is 7.82. The maximum absolute atomic E-state index is 16.9. The van der Waals surface area contributed by atoms with E-state index in [0.717, 1.165) is 0 Å². The third-order valence-electron chi connectivity index (χ3n) is 9.36. The lowest BCUT2D eigenvalue weighted by atomic mass is 9.44. The van der Waals surface area contributed by atoms with Crippen molar-refractivity contribution >= 4 is 17.5 Å². The molecule has 5 aliphatic rings. The van der Waals surface area contributed by atoms with Crippen LogP contribution in [0.15, 0.2) is 23.8 Å². The maximum Gasteiger partial charge on any atom is 0.309 e. The highest BCUT2D eigenvalue weighted by Crippen LogP contribution is 2.70. The van der Waals surface area contributed by atoms with Gasteiger partial charge in [-0.2, -0.15) is 0 Å². The van der Waals surface area contributed by atoms with Crippen LogP contribution in [-0.2, 0) is 19.1 Å². The average molecular weight is 465 g/mol. The Bertz CT molecular complexity index is 937. The monoisotopic (exact) mass is 464 g/mol. The molecule has 1 aliphatic heterocycles. The van der Waals surface area contributed by atoms with Crippen LogP contribution in [0.1, 0.15) is 52.9 Å². The molecule has 33 heavy (non-hydrogen) atoms. The Balaban J connectivity index is 0.000000459. The van der Waals surface area contributed by atoms with E-state index < -0.39 is 52.4 Å². The Morgan fingerprint density at radius 1 is 1.24 bits per heavy atom. The molecule has 4 fully saturated rings. The molecule has 0 spiro atoms. The third-order valence-corrected chi connectivity index (χ3v) is 9.36. The molecule has 3 saturated carbocycles. The fourth-order valence-electron chi connectivity index (χ4n) is 7.45. The molecule has 8 heteroatoms. The number of allylic oxidation sites excluding steroid dienone is 4. The number of aliphatic hydroxyl groups excluding tert-OH is 2. The van der Waals surface area contributed by atoms with E-state index in [2.05, 4.69) is 4.74 Å². The molecule has 1 saturated heterocycles. The number of ether oxygens (including phenoxy) is 1. The highest BCUT2D eigenvalue weighted by Gasteiger charge is 2.75. The minimum atomic E-state index is -1.98. The number of hydrogen-bond acceptors (Lipinski definition) is 7. The predicted molar refractivity (Wildman–Crippen MR) is 116 cm³/mol. The van der Waals surface area contributed by atoms with E-state index in [1.807, 2.05) is 0 Å². The summed E-state index contributed by atoms with van der Waals surface area (Å²) in [5, 5.41) is 32.0. The molecule has 0 amide bonds.